The second-order valence-corrected chi connectivity index (χ2v) is 4.22. The average Bonchev–Trinajstić information content (AvgIpc) is 2.26. The number of carbonyl (C=O) groups is 1. The first kappa shape index (κ1) is 12.1. The van der Waals surface area contributed by atoms with Crippen molar-refractivity contribution in [3.8, 4) is 0 Å². The van der Waals surface area contributed by atoms with Gasteiger partial charge < -0.3 is 4.74 Å². The molecule has 0 aromatic carbocycles. The molecule has 86 valence electrons. The lowest BCUT2D eigenvalue weighted by atomic mass is 9.84. The van der Waals surface area contributed by atoms with E-state index in [-0.39, 0.29) is 12.0 Å². The molecule has 1 fully saturated rings. The van der Waals surface area contributed by atoms with Crippen LogP contribution in [0.15, 0.2) is 5.18 Å². The summed E-state index contributed by atoms with van der Waals surface area (Å²) in [6.45, 7) is 2.47. The molecule has 0 radical (unpaired) electrons. The zero-order valence-electron chi connectivity index (χ0n) is 9.28. The Balaban J connectivity index is 2.25. The van der Waals surface area contributed by atoms with Crippen LogP contribution in [-0.4, -0.2) is 18.6 Å². The molecule has 0 saturated heterocycles. The monoisotopic (exact) mass is 213 g/mol. The Morgan fingerprint density at radius 2 is 2.27 bits per heavy atom. The Morgan fingerprint density at radius 3 is 2.93 bits per heavy atom. The maximum absolute atomic E-state index is 11.3. The van der Waals surface area contributed by atoms with Crippen LogP contribution < -0.4 is 0 Å². The Labute approximate surface area is 90.4 Å². The summed E-state index contributed by atoms with van der Waals surface area (Å²) in [5, 5.41) is 3.07. The van der Waals surface area contributed by atoms with Crippen molar-refractivity contribution in [2.24, 2.45) is 11.1 Å². The van der Waals surface area contributed by atoms with Gasteiger partial charge in [0.1, 0.15) is 0 Å². The number of nitroso groups, excluding NO2 is 1. The van der Waals surface area contributed by atoms with Crippen molar-refractivity contribution in [1.82, 2.24) is 0 Å². The number of hydrogen-bond donors (Lipinski definition) is 0. The summed E-state index contributed by atoms with van der Waals surface area (Å²) < 4.78 is 5.02. The van der Waals surface area contributed by atoms with E-state index in [1.165, 1.54) is 0 Å². The fraction of sp³-hybridized carbons (Fsp3) is 0.909. The van der Waals surface area contributed by atoms with Crippen LogP contribution in [0.3, 0.4) is 0 Å². The van der Waals surface area contributed by atoms with Crippen molar-refractivity contribution in [2.75, 3.05) is 6.61 Å². The first-order valence-electron chi connectivity index (χ1n) is 5.74. The topological polar surface area (TPSA) is 55.7 Å². The number of rotatable bonds is 5. The minimum absolute atomic E-state index is 0.0808. The van der Waals surface area contributed by atoms with Crippen molar-refractivity contribution in [3.05, 3.63) is 4.91 Å². The van der Waals surface area contributed by atoms with Crippen molar-refractivity contribution in [3.63, 3.8) is 0 Å². The summed E-state index contributed by atoms with van der Waals surface area (Å²) in [7, 11) is 0. The molecular formula is C11H19NO3. The standard InChI is InChI=1S/C11H19NO3/c1-2-6-15-11(13)8-9-4-3-5-10(7-9)12-14/h9-10H,2-8H2,1H3. The summed E-state index contributed by atoms with van der Waals surface area (Å²) in [6, 6.07) is -0.0808. The smallest absolute Gasteiger partial charge is 0.306 e. The van der Waals surface area contributed by atoms with Gasteiger partial charge in [0, 0.05) is 6.42 Å². The van der Waals surface area contributed by atoms with Crippen LogP contribution in [0.2, 0.25) is 0 Å². The molecule has 1 aliphatic rings. The number of esters is 1. The van der Waals surface area contributed by atoms with Crippen LogP contribution in [0.5, 0.6) is 0 Å². The first-order chi connectivity index (χ1) is 7.26. The van der Waals surface area contributed by atoms with E-state index in [2.05, 4.69) is 5.18 Å². The molecule has 4 nitrogen and oxygen atoms in total. The summed E-state index contributed by atoms with van der Waals surface area (Å²) in [5.74, 6) is 0.166. The molecule has 0 heterocycles. The summed E-state index contributed by atoms with van der Waals surface area (Å²) in [4.78, 5) is 21.7. The van der Waals surface area contributed by atoms with Crippen LogP contribution in [-0.2, 0) is 9.53 Å². The van der Waals surface area contributed by atoms with Gasteiger partial charge in [0.05, 0.1) is 12.6 Å². The third kappa shape index (κ3) is 4.40. The van der Waals surface area contributed by atoms with E-state index in [0.717, 1.165) is 32.1 Å². The maximum Gasteiger partial charge on any atom is 0.306 e. The van der Waals surface area contributed by atoms with Gasteiger partial charge in [-0.25, -0.2) is 0 Å². The molecule has 15 heavy (non-hydrogen) atoms. The Bertz CT molecular complexity index is 218. The lowest BCUT2D eigenvalue weighted by Crippen LogP contribution is -2.21. The summed E-state index contributed by atoms with van der Waals surface area (Å²) >= 11 is 0. The normalized spacial score (nSPS) is 25.9. The molecule has 1 saturated carbocycles. The molecule has 0 aromatic heterocycles. The molecule has 0 N–H and O–H groups in total. The third-order valence-corrected chi connectivity index (χ3v) is 2.83. The molecule has 2 atom stereocenters. The summed E-state index contributed by atoms with van der Waals surface area (Å²) in [5.41, 5.74) is 0. The number of nitrogens with zero attached hydrogens (tertiary/aromatic N) is 1. The molecule has 1 aliphatic carbocycles. The van der Waals surface area contributed by atoms with Gasteiger partial charge in [-0.15, -0.1) is 0 Å². The SMILES string of the molecule is CCCOC(=O)CC1CCCC(N=O)C1. The molecule has 0 spiro atoms. The number of carbonyl (C=O) groups excluding carboxylic acids is 1. The quantitative estimate of drug-likeness (QED) is 0.521. The van der Waals surface area contributed by atoms with Gasteiger partial charge in [-0.3, -0.25) is 4.79 Å². The predicted octanol–water partition coefficient (Wildman–Crippen LogP) is 2.65. The van der Waals surface area contributed by atoms with E-state index in [1.54, 1.807) is 0 Å². The van der Waals surface area contributed by atoms with Gasteiger partial charge in [-0.2, -0.15) is 4.91 Å². The van der Waals surface area contributed by atoms with Gasteiger partial charge in [-0.1, -0.05) is 18.5 Å². The second kappa shape index (κ2) is 6.53. The highest BCUT2D eigenvalue weighted by Gasteiger charge is 2.24. The predicted molar refractivity (Wildman–Crippen MR) is 57.4 cm³/mol. The van der Waals surface area contributed by atoms with Crippen LogP contribution >= 0.6 is 0 Å². The van der Waals surface area contributed by atoms with Gasteiger partial charge in [-0.05, 0) is 31.6 Å². The number of hydrogen-bond acceptors (Lipinski definition) is 4. The zero-order chi connectivity index (χ0) is 11.1. The average molecular weight is 213 g/mol. The fourth-order valence-corrected chi connectivity index (χ4v) is 2.05. The first-order valence-corrected chi connectivity index (χ1v) is 5.74. The zero-order valence-corrected chi connectivity index (χ0v) is 9.28. The third-order valence-electron chi connectivity index (χ3n) is 2.83. The number of ether oxygens (including phenoxy) is 1. The van der Waals surface area contributed by atoms with Gasteiger partial charge in [0.15, 0.2) is 0 Å². The van der Waals surface area contributed by atoms with Crippen molar-refractivity contribution < 1.29 is 9.53 Å². The molecule has 0 bridgehead atoms. The lowest BCUT2D eigenvalue weighted by Gasteiger charge is -2.23. The van der Waals surface area contributed by atoms with E-state index >= 15 is 0 Å². The molecule has 0 aromatic rings. The van der Waals surface area contributed by atoms with E-state index in [4.69, 9.17) is 4.74 Å². The largest absolute Gasteiger partial charge is 0.466 e. The van der Waals surface area contributed by atoms with Crippen molar-refractivity contribution in [1.29, 1.82) is 0 Å². The molecule has 2 unspecified atom stereocenters. The molecular weight excluding hydrogens is 194 g/mol. The van der Waals surface area contributed by atoms with Crippen molar-refractivity contribution in [2.45, 2.75) is 51.5 Å². The molecule has 1 rings (SSSR count). The Morgan fingerprint density at radius 1 is 1.47 bits per heavy atom. The van der Waals surface area contributed by atoms with Crippen molar-refractivity contribution >= 4 is 5.97 Å². The highest BCUT2D eigenvalue weighted by atomic mass is 16.5. The van der Waals surface area contributed by atoms with Crippen LogP contribution in [0.1, 0.15) is 45.4 Å². The Kier molecular flexibility index (Phi) is 5.29. The van der Waals surface area contributed by atoms with Crippen LogP contribution in [0.4, 0.5) is 0 Å². The summed E-state index contributed by atoms with van der Waals surface area (Å²) in [6.07, 6.45) is 4.96. The van der Waals surface area contributed by atoms with Gasteiger partial charge in [0.2, 0.25) is 0 Å². The molecule has 4 heteroatoms. The van der Waals surface area contributed by atoms with Crippen LogP contribution in [0, 0.1) is 10.8 Å². The molecule has 0 amide bonds. The van der Waals surface area contributed by atoms with E-state index in [0.29, 0.717) is 18.9 Å². The fourth-order valence-electron chi connectivity index (χ4n) is 2.05. The highest BCUT2D eigenvalue weighted by Crippen LogP contribution is 2.28. The van der Waals surface area contributed by atoms with Gasteiger partial charge >= 0.3 is 5.97 Å². The maximum atomic E-state index is 11.3. The van der Waals surface area contributed by atoms with E-state index in [9.17, 15) is 9.70 Å². The second-order valence-electron chi connectivity index (χ2n) is 4.22. The van der Waals surface area contributed by atoms with Gasteiger partial charge in [0.25, 0.3) is 0 Å². The minimum Gasteiger partial charge on any atom is -0.466 e. The minimum atomic E-state index is -0.131. The van der Waals surface area contributed by atoms with E-state index < -0.39 is 0 Å². The highest BCUT2D eigenvalue weighted by molar-refractivity contribution is 5.69. The van der Waals surface area contributed by atoms with Crippen LogP contribution in [0.25, 0.3) is 0 Å². The van der Waals surface area contributed by atoms with E-state index in [1.807, 2.05) is 6.92 Å². The lowest BCUT2D eigenvalue weighted by molar-refractivity contribution is -0.145. The molecule has 0 aliphatic heterocycles. The Hall–Kier alpha value is -0.930.